The normalized spacial score (nSPS) is 11.4. The summed E-state index contributed by atoms with van der Waals surface area (Å²) in [7, 11) is -8.09. The van der Waals surface area contributed by atoms with Gasteiger partial charge in [-0.25, -0.2) is 0 Å². The van der Waals surface area contributed by atoms with Gasteiger partial charge in [0.2, 0.25) is 0 Å². The number of hydrogen-bond donors (Lipinski definition) is 6. The van der Waals surface area contributed by atoms with E-state index >= 15 is 0 Å². The van der Waals surface area contributed by atoms with Crippen molar-refractivity contribution in [3.05, 3.63) is 0 Å². The largest absolute Gasteiger partial charge is 0.348 e. The van der Waals surface area contributed by atoms with Gasteiger partial charge >= 0.3 is 20.6 Å². The van der Waals surface area contributed by atoms with Crippen LogP contribution < -0.4 is 33.6 Å². The first kappa shape index (κ1) is 20.9. The maximum absolute atomic E-state index is 10.5. The summed E-state index contributed by atoms with van der Waals surface area (Å²) in [4.78, 5) is 2.72. The van der Waals surface area contributed by atoms with E-state index < -0.39 is 33.8 Å². The number of nitrogens with two attached hydrogens (primary N) is 2. The van der Waals surface area contributed by atoms with Crippen LogP contribution in [-0.2, 0) is 29.0 Å². The van der Waals surface area contributed by atoms with Crippen molar-refractivity contribution in [2.24, 2.45) is 11.7 Å². The van der Waals surface area contributed by atoms with E-state index in [2.05, 4.69) is 20.1 Å². The van der Waals surface area contributed by atoms with Gasteiger partial charge in [0.15, 0.2) is 0 Å². The molecule has 0 aromatic rings. The van der Waals surface area contributed by atoms with E-state index in [-0.39, 0.29) is 12.3 Å². The van der Waals surface area contributed by atoms with Crippen LogP contribution in [0.2, 0.25) is 0 Å². The number of nitrogens with one attached hydrogen (secondary N) is 2. The second-order valence-electron chi connectivity index (χ2n) is 1.79. The highest BCUT2D eigenvalue weighted by atomic mass is 32.2. The summed E-state index contributed by atoms with van der Waals surface area (Å²) in [6.07, 6.45) is 0. The molecule has 0 aliphatic heterocycles. The van der Waals surface area contributed by atoms with E-state index in [9.17, 15) is 16.8 Å². The zero-order valence-corrected chi connectivity index (χ0v) is 9.88. The van der Waals surface area contributed by atoms with E-state index in [0.717, 1.165) is 0 Å². The smallest absolute Gasteiger partial charge is 0.344 e. The van der Waals surface area contributed by atoms with Crippen molar-refractivity contribution >= 4 is 20.6 Å². The van der Waals surface area contributed by atoms with Gasteiger partial charge in [-0.2, -0.15) is 16.8 Å². The standard InChI is InChI=1S/C2H10N4O6S2.2H3N/c3-5-13(7,8)11-1-2-12-14(9,10)6-4;;/h5-6H,1-4H2;2*1H3. The molecule has 0 unspecified atom stereocenters. The minimum Gasteiger partial charge on any atom is -0.344 e. The Morgan fingerprint density at radius 1 is 0.812 bits per heavy atom. The highest BCUT2D eigenvalue weighted by Gasteiger charge is 2.10. The maximum atomic E-state index is 10.5. The lowest BCUT2D eigenvalue weighted by atomic mass is 10.8. The topological polar surface area (TPSA) is 233 Å². The van der Waals surface area contributed by atoms with E-state index in [4.69, 9.17) is 0 Å². The molecule has 0 heterocycles. The van der Waals surface area contributed by atoms with Gasteiger partial charge in [-0.05, 0) is 0 Å². The van der Waals surface area contributed by atoms with Crippen LogP contribution in [0.15, 0.2) is 0 Å². The molecule has 0 amide bonds. The molecule has 12 N–H and O–H groups in total. The third-order valence-electron chi connectivity index (χ3n) is 0.849. The molecule has 16 heavy (non-hydrogen) atoms. The lowest BCUT2D eigenvalue weighted by molar-refractivity contribution is 0.220. The van der Waals surface area contributed by atoms with Gasteiger partial charge in [0, 0.05) is 0 Å². The highest BCUT2D eigenvalue weighted by Crippen LogP contribution is 1.88. The van der Waals surface area contributed by atoms with Crippen LogP contribution in [0.25, 0.3) is 0 Å². The van der Waals surface area contributed by atoms with Gasteiger partial charge in [0.05, 0.1) is 13.2 Å². The van der Waals surface area contributed by atoms with Crippen molar-refractivity contribution in [2.75, 3.05) is 13.2 Å². The van der Waals surface area contributed by atoms with Crippen LogP contribution in [0.3, 0.4) is 0 Å². The predicted octanol–water partition coefficient (Wildman–Crippen LogP) is -3.24. The Balaban J connectivity index is -0.000000845. The van der Waals surface area contributed by atoms with Gasteiger partial charge < -0.3 is 12.3 Å². The Bertz CT molecular complexity index is 313. The molecular weight excluding hydrogens is 268 g/mol. The summed E-state index contributed by atoms with van der Waals surface area (Å²) < 4.78 is 50.2. The van der Waals surface area contributed by atoms with E-state index in [1.54, 1.807) is 0 Å². The van der Waals surface area contributed by atoms with Crippen LogP contribution >= 0.6 is 0 Å². The van der Waals surface area contributed by atoms with Crippen molar-refractivity contribution in [2.45, 2.75) is 0 Å². The summed E-state index contributed by atoms with van der Waals surface area (Å²) in [6.45, 7) is -1.04. The SMILES string of the molecule is N.N.NNS(=O)(=O)OCCOS(=O)(=O)NN. The number of hydrazine groups is 2. The minimum absolute atomic E-state index is 0. The molecule has 14 heteroatoms. The van der Waals surface area contributed by atoms with Gasteiger partial charge in [0.1, 0.15) is 0 Å². The molecule has 0 aliphatic carbocycles. The van der Waals surface area contributed by atoms with E-state index in [1.165, 1.54) is 9.66 Å². The van der Waals surface area contributed by atoms with Gasteiger partial charge in [-0.3, -0.25) is 20.1 Å². The maximum Gasteiger partial charge on any atom is 0.348 e. The molecule has 0 bridgehead atoms. The first-order valence-electron chi connectivity index (χ1n) is 3.06. The molecule has 0 saturated carbocycles. The molecule has 0 fully saturated rings. The molecule has 0 aromatic carbocycles. The average Bonchev–Trinajstić information content (AvgIpc) is 2.13. The number of rotatable bonds is 7. The molecular formula is C2H16N6O6S2. The second-order valence-corrected chi connectivity index (χ2v) is 4.55. The first-order chi connectivity index (χ1) is 6.33. The monoisotopic (exact) mass is 284 g/mol. The van der Waals surface area contributed by atoms with Crippen molar-refractivity contribution in [1.82, 2.24) is 22.0 Å². The van der Waals surface area contributed by atoms with Crippen LogP contribution in [0.4, 0.5) is 0 Å². The zero-order valence-electron chi connectivity index (χ0n) is 8.25. The van der Waals surface area contributed by atoms with E-state index in [0.29, 0.717) is 0 Å². The fraction of sp³-hybridized carbons (Fsp3) is 1.00. The highest BCUT2D eigenvalue weighted by molar-refractivity contribution is 7.85. The first-order valence-corrected chi connectivity index (χ1v) is 5.88. The van der Waals surface area contributed by atoms with Gasteiger partial charge in [-0.15, -0.1) is 9.66 Å². The second kappa shape index (κ2) is 8.70. The molecule has 0 radical (unpaired) electrons. The van der Waals surface area contributed by atoms with Crippen molar-refractivity contribution in [1.29, 1.82) is 0 Å². The number of hydrogen-bond acceptors (Lipinski definition) is 10. The van der Waals surface area contributed by atoms with E-state index in [1.807, 2.05) is 0 Å². The summed E-state index contributed by atoms with van der Waals surface area (Å²) in [6, 6.07) is 0. The molecule has 0 saturated heterocycles. The summed E-state index contributed by atoms with van der Waals surface area (Å²) in [5.41, 5.74) is 0. The van der Waals surface area contributed by atoms with Gasteiger partial charge in [0.25, 0.3) is 0 Å². The minimum atomic E-state index is -4.04. The molecule has 0 aromatic heterocycles. The molecule has 12 nitrogen and oxygen atoms in total. The average molecular weight is 284 g/mol. The summed E-state index contributed by atoms with van der Waals surface area (Å²) in [5.74, 6) is 9.09. The fourth-order valence-corrected chi connectivity index (χ4v) is 1.07. The molecule has 0 aliphatic rings. The lowest BCUT2D eigenvalue weighted by Gasteiger charge is -2.04. The van der Waals surface area contributed by atoms with Crippen molar-refractivity contribution < 1.29 is 25.2 Å². The van der Waals surface area contributed by atoms with Crippen LogP contribution in [0, 0.1) is 0 Å². The third-order valence-corrected chi connectivity index (χ3v) is 2.38. The summed E-state index contributed by atoms with van der Waals surface area (Å²) in [5, 5.41) is 0. The van der Waals surface area contributed by atoms with Crippen LogP contribution in [-0.4, -0.2) is 30.0 Å². The Morgan fingerprint density at radius 3 is 1.25 bits per heavy atom. The van der Waals surface area contributed by atoms with Crippen LogP contribution in [0.1, 0.15) is 0 Å². The molecule has 102 valence electrons. The fourth-order valence-electron chi connectivity index (χ4n) is 0.355. The van der Waals surface area contributed by atoms with Crippen molar-refractivity contribution in [3.8, 4) is 0 Å². The van der Waals surface area contributed by atoms with Crippen molar-refractivity contribution in [3.63, 3.8) is 0 Å². The summed E-state index contributed by atoms with van der Waals surface area (Å²) >= 11 is 0. The lowest BCUT2D eigenvalue weighted by Crippen LogP contribution is -2.34. The van der Waals surface area contributed by atoms with Gasteiger partial charge in [-0.1, -0.05) is 0 Å². The molecule has 0 spiro atoms. The third kappa shape index (κ3) is 10.1. The Hall–Kier alpha value is -0.420. The Morgan fingerprint density at radius 2 is 1.06 bits per heavy atom. The molecule has 0 atom stereocenters. The predicted molar refractivity (Wildman–Crippen MR) is 54.4 cm³/mol. The Labute approximate surface area is 93.3 Å². The van der Waals surface area contributed by atoms with Crippen LogP contribution in [0.5, 0.6) is 0 Å². The Kier molecular flexibility index (Phi) is 11.4. The quantitative estimate of drug-likeness (QED) is 0.155. The molecule has 0 rings (SSSR count). The zero-order chi connectivity index (χ0) is 11.2.